The number of rotatable bonds is 8. The zero-order valence-corrected chi connectivity index (χ0v) is 11.1. The Hall–Kier alpha value is -1.30. The molecular weight excluding hydrogens is 234 g/mol. The maximum atomic E-state index is 9.39. The van der Waals surface area contributed by atoms with Gasteiger partial charge in [-0.05, 0) is 17.7 Å². The van der Waals surface area contributed by atoms with Gasteiger partial charge in [0, 0.05) is 13.7 Å². The van der Waals surface area contributed by atoms with Crippen LogP contribution in [0.4, 0.5) is 0 Å². The van der Waals surface area contributed by atoms with E-state index in [2.05, 4.69) is 5.32 Å². The number of nitrogens with one attached hydrogen (secondary N) is 1. The smallest absolute Gasteiger partial charge is 0.161 e. The third-order valence-electron chi connectivity index (χ3n) is 2.69. The van der Waals surface area contributed by atoms with Gasteiger partial charge in [0.15, 0.2) is 11.5 Å². The molecule has 1 aromatic rings. The minimum absolute atomic E-state index is 0.0131. The minimum Gasteiger partial charge on any atom is -0.493 e. The summed E-state index contributed by atoms with van der Waals surface area (Å²) in [5, 5.41) is 12.6. The Balaban J connectivity index is 2.79. The second-order valence-corrected chi connectivity index (χ2v) is 3.80. The number of methoxy groups -OCH3 is 3. The molecule has 0 aliphatic heterocycles. The number of aliphatic hydroxyl groups excluding tert-OH is 1. The molecule has 0 amide bonds. The lowest BCUT2D eigenvalue weighted by atomic mass is 10.1. The van der Waals surface area contributed by atoms with Crippen LogP contribution in [0.15, 0.2) is 18.2 Å². The molecule has 5 heteroatoms. The van der Waals surface area contributed by atoms with E-state index in [9.17, 15) is 5.11 Å². The number of ether oxygens (including phenoxy) is 3. The first kappa shape index (κ1) is 14.8. The molecule has 0 fully saturated rings. The molecule has 1 atom stereocenters. The predicted molar refractivity (Wildman–Crippen MR) is 69.3 cm³/mol. The van der Waals surface area contributed by atoms with E-state index in [-0.39, 0.29) is 12.6 Å². The van der Waals surface area contributed by atoms with Crippen LogP contribution in [-0.2, 0) is 4.74 Å². The molecule has 0 aliphatic rings. The normalized spacial score (nSPS) is 12.2. The van der Waals surface area contributed by atoms with E-state index >= 15 is 0 Å². The summed E-state index contributed by atoms with van der Waals surface area (Å²) >= 11 is 0. The van der Waals surface area contributed by atoms with Gasteiger partial charge in [0.25, 0.3) is 0 Å². The summed E-state index contributed by atoms with van der Waals surface area (Å²) < 4.78 is 15.4. The first-order valence-corrected chi connectivity index (χ1v) is 5.82. The van der Waals surface area contributed by atoms with Crippen molar-refractivity contribution in [3.8, 4) is 11.5 Å². The average Bonchev–Trinajstić information content (AvgIpc) is 2.43. The molecule has 0 saturated carbocycles. The third kappa shape index (κ3) is 3.87. The van der Waals surface area contributed by atoms with E-state index < -0.39 is 0 Å². The molecule has 0 radical (unpaired) electrons. The SMILES string of the molecule is COCCNC(CO)c1ccc(OC)c(OC)c1. The van der Waals surface area contributed by atoms with Gasteiger partial charge in [0.2, 0.25) is 0 Å². The lowest BCUT2D eigenvalue weighted by Gasteiger charge is -2.18. The van der Waals surface area contributed by atoms with Gasteiger partial charge < -0.3 is 24.6 Å². The van der Waals surface area contributed by atoms with Crippen LogP contribution >= 0.6 is 0 Å². The second-order valence-electron chi connectivity index (χ2n) is 3.80. The Morgan fingerprint density at radius 2 is 1.89 bits per heavy atom. The third-order valence-corrected chi connectivity index (χ3v) is 2.69. The van der Waals surface area contributed by atoms with E-state index in [0.717, 1.165) is 5.56 Å². The Bertz CT molecular complexity index is 357. The molecule has 1 aromatic carbocycles. The van der Waals surface area contributed by atoms with Gasteiger partial charge in [0.1, 0.15) is 0 Å². The fraction of sp³-hybridized carbons (Fsp3) is 0.538. The number of aliphatic hydroxyl groups is 1. The second kappa shape index (κ2) is 7.92. The van der Waals surface area contributed by atoms with E-state index in [1.165, 1.54) is 0 Å². The monoisotopic (exact) mass is 255 g/mol. The fourth-order valence-electron chi connectivity index (χ4n) is 1.69. The Morgan fingerprint density at radius 1 is 1.17 bits per heavy atom. The van der Waals surface area contributed by atoms with Crippen molar-refractivity contribution in [1.82, 2.24) is 5.32 Å². The Kier molecular flexibility index (Phi) is 6.49. The van der Waals surface area contributed by atoms with Crippen LogP contribution < -0.4 is 14.8 Å². The van der Waals surface area contributed by atoms with Crippen molar-refractivity contribution in [2.45, 2.75) is 6.04 Å². The fourth-order valence-corrected chi connectivity index (χ4v) is 1.69. The van der Waals surface area contributed by atoms with Crippen LogP contribution in [-0.4, -0.2) is 46.2 Å². The van der Waals surface area contributed by atoms with Crippen molar-refractivity contribution in [3.05, 3.63) is 23.8 Å². The molecule has 0 bridgehead atoms. The first-order valence-electron chi connectivity index (χ1n) is 5.82. The van der Waals surface area contributed by atoms with Gasteiger partial charge in [-0.1, -0.05) is 6.07 Å². The highest BCUT2D eigenvalue weighted by Gasteiger charge is 2.12. The van der Waals surface area contributed by atoms with Gasteiger partial charge >= 0.3 is 0 Å². The number of hydrogen-bond donors (Lipinski definition) is 2. The van der Waals surface area contributed by atoms with Gasteiger partial charge in [-0.25, -0.2) is 0 Å². The zero-order valence-electron chi connectivity index (χ0n) is 11.1. The van der Waals surface area contributed by atoms with Crippen LogP contribution in [0.3, 0.4) is 0 Å². The quantitative estimate of drug-likeness (QED) is 0.678. The van der Waals surface area contributed by atoms with Crippen LogP contribution in [0, 0.1) is 0 Å². The highest BCUT2D eigenvalue weighted by atomic mass is 16.5. The van der Waals surface area contributed by atoms with E-state index in [0.29, 0.717) is 24.7 Å². The lowest BCUT2D eigenvalue weighted by molar-refractivity contribution is 0.184. The van der Waals surface area contributed by atoms with Crippen LogP contribution in [0.5, 0.6) is 11.5 Å². The summed E-state index contributed by atoms with van der Waals surface area (Å²) in [6.45, 7) is 1.29. The topological polar surface area (TPSA) is 60.0 Å². The molecule has 0 aliphatic carbocycles. The zero-order chi connectivity index (χ0) is 13.4. The molecule has 2 N–H and O–H groups in total. The summed E-state index contributed by atoms with van der Waals surface area (Å²) in [5.74, 6) is 1.33. The van der Waals surface area contributed by atoms with Crippen molar-refractivity contribution >= 4 is 0 Å². The average molecular weight is 255 g/mol. The molecule has 102 valence electrons. The van der Waals surface area contributed by atoms with Gasteiger partial charge in [-0.15, -0.1) is 0 Å². The predicted octanol–water partition coefficient (Wildman–Crippen LogP) is 0.973. The Labute approximate surface area is 108 Å². The van der Waals surface area contributed by atoms with Crippen molar-refractivity contribution in [3.63, 3.8) is 0 Å². The standard InChI is InChI=1S/C13H21NO4/c1-16-7-6-14-11(9-15)10-4-5-12(17-2)13(8-10)18-3/h4-5,8,11,14-15H,6-7,9H2,1-3H3. The lowest BCUT2D eigenvalue weighted by Crippen LogP contribution is -2.27. The molecule has 0 heterocycles. The first-order chi connectivity index (χ1) is 8.76. The molecule has 0 saturated heterocycles. The maximum Gasteiger partial charge on any atom is 0.161 e. The van der Waals surface area contributed by atoms with Gasteiger partial charge in [-0.2, -0.15) is 0 Å². The van der Waals surface area contributed by atoms with Crippen molar-refractivity contribution in [2.75, 3.05) is 41.1 Å². The van der Waals surface area contributed by atoms with Crippen LogP contribution in [0.2, 0.25) is 0 Å². The van der Waals surface area contributed by atoms with Gasteiger partial charge in [-0.3, -0.25) is 0 Å². The van der Waals surface area contributed by atoms with Gasteiger partial charge in [0.05, 0.1) is 33.5 Å². The molecule has 0 spiro atoms. The Morgan fingerprint density at radius 3 is 2.44 bits per heavy atom. The number of hydrogen-bond acceptors (Lipinski definition) is 5. The highest BCUT2D eigenvalue weighted by Crippen LogP contribution is 2.29. The van der Waals surface area contributed by atoms with Crippen molar-refractivity contribution < 1.29 is 19.3 Å². The molecule has 0 aromatic heterocycles. The summed E-state index contributed by atoms with van der Waals surface area (Å²) in [4.78, 5) is 0. The maximum absolute atomic E-state index is 9.39. The summed E-state index contributed by atoms with van der Waals surface area (Å²) in [7, 11) is 4.83. The number of benzene rings is 1. The minimum atomic E-state index is -0.139. The summed E-state index contributed by atoms with van der Waals surface area (Å²) in [5.41, 5.74) is 0.950. The molecule has 18 heavy (non-hydrogen) atoms. The van der Waals surface area contributed by atoms with E-state index in [4.69, 9.17) is 14.2 Å². The molecule has 1 rings (SSSR count). The highest BCUT2D eigenvalue weighted by molar-refractivity contribution is 5.43. The van der Waals surface area contributed by atoms with E-state index in [1.54, 1.807) is 21.3 Å². The van der Waals surface area contributed by atoms with Crippen LogP contribution in [0.1, 0.15) is 11.6 Å². The summed E-state index contributed by atoms with van der Waals surface area (Å²) in [6, 6.07) is 5.45. The molecule has 1 unspecified atom stereocenters. The van der Waals surface area contributed by atoms with Crippen molar-refractivity contribution in [2.24, 2.45) is 0 Å². The van der Waals surface area contributed by atoms with E-state index in [1.807, 2.05) is 18.2 Å². The molecular formula is C13H21NO4. The van der Waals surface area contributed by atoms with Crippen molar-refractivity contribution in [1.29, 1.82) is 0 Å². The summed E-state index contributed by atoms with van der Waals surface area (Å²) in [6.07, 6.45) is 0. The molecule has 5 nitrogen and oxygen atoms in total. The van der Waals surface area contributed by atoms with Crippen LogP contribution in [0.25, 0.3) is 0 Å². The largest absolute Gasteiger partial charge is 0.493 e.